The van der Waals surface area contributed by atoms with Crippen LogP contribution in [0.15, 0.2) is 42.5 Å². The Morgan fingerprint density at radius 1 is 1.24 bits per heavy atom. The second-order valence-electron chi connectivity index (χ2n) is 5.62. The molecule has 2 aromatic carbocycles. The van der Waals surface area contributed by atoms with Crippen LogP contribution < -0.4 is 14.8 Å². The molecule has 3 rings (SSSR count). The third kappa shape index (κ3) is 4.32. The largest absolute Gasteiger partial charge is 0.486 e. The Morgan fingerprint density at radius 2 is 1.96 bits per heavy atom. The van der Waals surface area contributed by atoms with Crippen molar-refractivity contribution >= 4 is 34.0 Å². The highest BCUT2D eigenvalue weighted by molar-refractivity contribution is 7.85. The molecule has 1 aliphatic heterocycles. The third-order valence-electron chi connectivity index (χ3n) is 3.77. The van der Waals surface area contributed by atoms with E-state index < -0.39 is 16.0 Å². The number of anilines is 1. The highest BCUT2D eigenvalue weighted by atomic mass is 35.5. The molecule has 7 heteroatoms. The molecule has 25 heavy (non-hydrogen) atoms. The highest BCUT2D eigenvalue weighted by Crippen LogP contribution is 2.38. The van der Waals surface area contributed by atoms with E-state index in [9.17, 15) is 9.00 Å². The van der Waals surface area contributed by atoms with Gasteiger partial charge in [-0.2, -0.15) is 0 Å². The van der Waals surface area contributed by atoms with Gasteiger partial charge in [0.05, 0.1) is 5.02 Å². The van der Waals surface area contributed by atoms with Crippen LogP contribution in [0.1, 0.15) is 12.5 Å². The lowest BCUT2D eigenvalue weighted by atomic mass is 10.2. The van der Waals surface area contributed by atoms with Gasteiger partial charge in [0.1, 0.15) is 18.5 Å². The van der Waals surface area contributed by atoms with Crippen molar-refractivity contribution in [1.29, 1.82) is 0 Å². The fourth-order valence-electron chi connectivity index (χ4n) is 2.42. The molecule has 1 aliphatic rings. The van der Waals surface area contributed by atoms with E-state index in [2.05, 4.69) is 5.32 Å². The van der Waals surface area contributed by atoms with Crippen molar-refractivity contribution in [1.82, 2.24) is 0 Å². The fourth-order valence-corrected chi connectivity index (χ4v) is 3.75. The van der Waals surface area contributed by atoms with Crippen molar-refractivity contribution in [3.8, 4) is 11.5 Å². The summed E-state index contributed by atoms with van der Waals surface area (Å²) in [4.78, 5) is 12.3. The number of fused-ring (bicyclic) bond motifs is 1. The lowest BCUT2D eigenvalue weighted by Crippen LogP contribution is -2.29. The second-order valence-corrected chi connectivity index (χ2v) is 7.79. The number of carbonyl (C=O) groups is 1. The predicted octanol–water partition coefficient (Wildman–Crippen LogP) is 3.39. The van der Waals surface area contributed by atoms with E-state index in [-0.39, 0.29) is 11.7 Å². The number of halogens is 1. The van der Waals surface area contributed by atoms with Gasteiger partial charge in [0.25, 0.3) is 0 Å². The van der Waals surface area contributed by atoms with Crippen LogP contribution in [0.2, 0.25) is 5.02 Å². The van der Waals surface area contributed by atoms with Crippen molar-refractivity contribution in [2.24, 2.45) is 0 Å². The van der Waals surface area contributed by atoms with Gasteiger partial charge in [0.2, 0.25) is 5.91 Å². The lowest BCUT2D eigenvalue weighted by Gasteiger charge is -2.20. The summed E-state index contributed by atoms with van der Waals surface area (Å²) < 4.78 is 23.6. The zero-order chi connectivity index (χ0) is 17.8. The smallest absolute Gasteiger partial charge is 0.239 e. The maximum absolute atomic E-state index is 12.6. The molecule has 0 saturated heterocycles. The maximum atomic E-state index is 12.6. The molecular weight excluding hydrogens is 362 g/mol. The van der Waals surface area contributed by atoms with Crippen molar-refractivity contribution in [3.05, 3.63) is 53.1 Å². The topological polar surface area (TPSA) is 64.6 Å². The number of hydrogen-bond donors (Lipinski definition) is 1. The van der Waals surface area contributed by atoms with E-state index in [1.807, 2.05) is 18.2 Å². The molecule has 1 amide bonds. The van der Waals surface area contributed by atoms with Crippen LogP contribution in [0.25, 0.3) is 0 Å². The van der Waals surface area contributed by atoms with Gasteiger partial charge in [-0.1, -0.05) is 29.8 Å². The highest BCUT2D eigenvalue weighted by Gasteiger charge is 2.22. The van der Waals surface area contributed by atoms with Gasteiger partial charge in [-0.05, 0) is 36.8 Å². The normalized spacial score (nSPS) is 15.3. The molecule has 0 aliphatic carbocycles. The number of carbonyl (C=O) groups excluding carboxylic acids is 1. The van der Waals surface area contributed by atoms with Crippen LogP contribution in [0.4, 0.5) is 5.69 Å². The Morgan fingerprint density at radius 3 is 2.72 bits per heavy atom. The molecule has 5 nitrogen and oxygen atoms in total. The number of amides is 1. The van der Waals surface area contributed by atoms with Crippen LogP contribution >= 0.6 is 11.6 Å². The molecule has 0 saturated carbocycles. The minimum Gasteiger partial charge on any atom is -0.486 e. The zero-order valence-corrected chi connectivity index (χ0v) is 15.2. The number of hydrogen-bond acceptors (Lipinski definition) is 4. The van der Waals surface area contributed by atoms with Crippen LogP contribution in [0.5, 0.6) is 11.5 Å². The summed E-state index contributed by atoms with van der Waals surface area (Å²) in [6.45, 7) is 2.55. The lowest BCUT2D eigenvalue weighted by molar-refractivity contribution is -0.115. The molecule has 2 aromatic rings. The summed E-state index contributed by atoms with van der Waals surface area (Å²) in [5.74, 6) is 0.984. The summed E-state index contributed by atoms with van der Waals surface area (Å²) in [7, 11) is -1.40. The quantitative estimate of drug-likeness (QED) is 0.864. The van der Waals surface area contributed by atoms with Crippen molar-refractivity contribution in [3.63, 3.8) is 0 Å². The molecule has 1 N–H and O–H groups in total. The molecule has 0 bridgehead atoms. The molecule has 132 valence electrons. The van der Waals surface area contributed by atoms with E-state index in [0.717, 1.165) is 5.56 Å². The Bertz CT molecular complexity index is 797. The van der Waals surface area contributed by atoms with Crippen LogP contribution in [-0.2, 0) is 21.3 Å². The molecule has 0 unspecified atom stereocenters. The van der Waals surface area contributed by atoms with Gasteiger partial charge >= 0.3 is 0 Å². The Labute approximate surface area is 153 Å². The molecular formula is C18H18ClNO4S. The van der Waals surface area contributed by atoms with E-state index in [1.165, 1.54) is 0 Å². The second kappa shape index (κ2) is 7.89. The minimum atomic E-state index is -1.40. The number of para-hydroxylation sites is 1. The minimum absolute atomic E-state index is 0.208. The first-order valence-corrected chi connectivity index (χ1v) is 9.61. The summed E-state index contributed by atoms with van der Waals surface area (Å²) >= 11 is 6.20. The van der Waals surface area contributed by atoms with Crippen molar-refractivity contribution < 1.29 is 18.5 Å². The van der Waals surface area contributed by atoms with Crippen LogP contribution in [-0.4, -0.2) is 28.6 Å². The van der Waals surface area contributed by atoms with E-state index >= 15 is 0 Å². The average Bonchev–Trinajstić information content (AvgIpc) is 2.62. The summed E-state index contributed by atoms with van der Waals surface area (Å²) in [6, 6.07) is 12.6. The molecule has 0 spiro atoms. The summed E-state index contributed by atoms with van der Waals surface area (Å²) in [5.41, 5.74) is 1.42. The van der Waals surface area contributed by atoms with Crippen LogP contribution in [0.3, 0.4) is 0 Å². The molecule has 0 fully saturated rings. The first kappa shape index (κ1) is 17.8. The molecule has 0 radical (unpaired) electrons. The van der Waals surface area contributed by atoms with E-state index in [1.54, 1.807) is 31.2 Å². The summed E-state index contributed by atoms with van der Waals surface area (Å²) in [5, 5.41) is 2.53. The number of rotatable bonds is 5. The monoisotopic (exact) mass is 379 g/mol. The van der Waals surface area contributed by atoms with Crippen molar-refractivity contribution in [2.45, 2.75) is 17.9 Å². The SMILES string of the molecule is C[C@H](C(=O)Nc1ccccc1)[S@](=O)Cc1cc(Cl)c2c(c1)OCCO2. The van der Waals surface area contributed by atoms with Gasteiger partial charge in [-0.3, -0.25) is 9.00 Å². The first-order chi connectivity index (χ1) is 12.0. The van der Waals surface area contributed by atoms with Crippen LogP contribution in [0, 0.1) is 0 Å². The standard InChI is InChI=1S/C18H18ClNO4S/c1-12(18(21)20-14-5-3-2-4-6-14)25(22)11-13-9-15(19)17-16(10-13)23-7-8-24-17/h2-6,9-10,12H,7-8,11H2,1H3,(H,20,21)/t12-,25-/m1/s1. The zero-order valence-electron chi connectivity index (χ0n) is 13.7. The van der Waals surface area contributed by atoms with Gasteiger partial charge in [0.15, 0.2) is 11.5 Å². The van der Waals surface area contributed by atoms with Gasteiger partial charge in [-0.25, -0.2) is 0 Å². The number of benzene rings is 2. The van der Waals surface area contributed by atoms with Crippen molar-refractivity contribution in [2.75, 3.05) is 18.5 Å². The molecule has 2 atom stereocenters. The molecule has 1 heterocycles. The van der Waals surface area contributed by atoms with Gasteiger partial charge in [-0.15, -0.1) is 0 Å². The maximum Gasteiger partial charge on any atom is 0.239 e. The Kier molecular flexibility index (Phi) is 5.60. The number of ether oxygens (including phenoxy) is 2. The van der Waals surface area contributed by atoms with E-state index in [4.69, 9.17) is 21.1 Å². The predicted molar refractivity (Wildman–Crippen MR) is 98.8 cm³/mol. The number of nitrogens with one attached hydrogen (secondary N) is 1. The third-order valence-corrected chi connectivity index (χ3v) is 5.67. The average molecular weight is 380 g/mol. The Balaban J connectivity index is 1.67. The fraction of sp³-hybridized carbons (Fsp3) is 0.278. The molecule has 0 aromatic heterocycles. The van der Waals surface area contributed by atoms with E-state index in [0.29, 0.717) is 35.4 Å². The first-order valence-electron chi connectivity index (χ1n) is 7.85. The summed E-state index contributed by atoms with van der Waals surface area (Å²) in [6.07, 6.45) is 0. The Hall–Kier alpha value is -2.05. The van der Waals surface area contributed by atoms with Gasteiger partial charge < -0.3 is 14.8 Å². The van der Waals surface area contributed by atoms with Gasteiger partial charge in [0, 0.05) is 22.2 Å².